The molecule has 0 aliphatic heterocycles. The van der Waals surface area contributed by atoms with Gasteiger partial charge in [-0.2, -0.15) is 0 Å². The monoisotopic (exact) mass is 292 g/mol. The van der Waals surface area contributed by atoms with Gasteiger partial charge in [-0.25, -0.2) is 13.1 Å². The highest BCUT2D eigenvalue weighted by atomic mass is 32.2. The van der Waals surface area contributed by atoms with E-state index in [1.54, 1.807) is 24.3 Å². The molecule has 2 heterocycles. The molecule has 0 radical (unpaired) electrons. The number of nitrogens with two attached hydrogens (primary N) is 1. The zero-order chi connectivity index (χ0) is 14.2. The van der Waals surface area contributed by atoms with Crippen LogP contribution in [0.3, 0.4) is 0 Å². The minimum absolute atomic E-state index is 0.0699. The Morgan fingerprint density at radius 3 is 2.95 bits per heavy atom. The number of H-pyrrole nitrogens is 1. The van der Waals surface area contributed by atoms with E-state index in [2.05, 4.69) is 19.4 Å². The van der Waals surface area contributed by atoms with Crippen molar-refractivity contribution < 1.29 is 12.9 Å². The second-order valence-electron chi connectivity index (χ2n) is 4.27. The molecule has 0 saturated carbocycles. The number of nitrogens with zero attached hydrogens (tertiary/aromatic N) is 1. The average molecular weight is 292 g/mol. The molecule has 0 fully saturated rings. The SMILES string of the molecule is Nc1ccc2c(S(=O)(=O)NCc3ccon3)c[nH]c2c1. The van der Waals surface area contributed by atoms with Gasteiger partial charge in [0.05, 0.1) is 12.2 Å². The van der Waals surface area contributed by atoms with Gasteiger partial charge in [0.15, 0.2) is 0 Å². The molecule has 2 aromatic heterocycles. The molecule has 8 heteroatoms. The highest BCUT2D eigenvalue weighted by Crippen LogP contribution is 2.24. The standard InChI is InChI=1S/C12H12N4O3S/c13-8-1-2-10-11(5-8)14-7-12(10)20(17,18)15-6-9-3-4-19-16-9/h1-5,7,14-15H,6,13H2. The summed E-state index contributed by atoms with van der Waals surface area (Å²) in [5.41, 5.74) is 7.41. The van der Waals surface area contributed by atoms with Gasteiger partial charge in [0, 0.05) is 28.9 Å². The summed E-state index contributed by atoms with van der Waals surface area (Å²) >= 11 is 0. The first kappa shape index (κ1) is 12.7. The minimum atomic E-state index is -3.64. The Labute approximate surface area is 114 Å². The van der Waals surface area contributed by atoms with Crippen LogP contribution in [0.25, 0.3) is 10.9 Å². The Morgan fingerprint density at radius 1 is 1.35 bits per heavy atom. The number of fused-ring (bicyclic) bond motifs is 1. The maximum absolute atomic E-state index is 12.3. The molecule has 0 spiro atoms. The number of hydrogen-bond donors (Lipinski definition) is 3. The average Bonchev–Trinajstić information content (AvgIpc) is 3.05. The molecule has 0 aliphatic rings. The van der Waals surface area contributed by atoms with Crippen molar-refractivity contribution in [3.05, 3.63) is 42.4 Å². The number of anilines is 1. The van der Waals surface area contributed by atoms with E-state index in [0.29, 0.717) is 22.3 Å². The predicted octanol–water partition coefficient (Wildman–Crippen LogP) is 1.22. The Morgan fingerprint density at radius 2 is 2.20 bits per heavy atom. The summed E-state index contributed by atoms with van der Waals surface area (Å²) in [4.78, 5) is 3.07. The summed E-state index contributed by atoms with van der Waals surface area (Å²) in [6.45, 7) is 0.0699. The van der Waals surface area contributed by atoms with E-state index in [1.165, 1.54) is 12.5 Å². The van der Waals surface area contributed by atoms with Crippen molar-refractivity contribution in [2.45, 2.75) is 11.4 Å². The van der Waals surface area contributed by atoms with Crippen molar-refractivity contribution >= 4 is 26.6 Å². The van der Waals surface area contributed by atoms with Crippen molar-refractivity contribution in [1.29, 1.82) is 0 Å². The number of rotatable bonds is 4. The molecule has 1 aromatic carbocycles. The molecular weight excluding hydrogens is 280 g/mol. The lowest BCUT2D eigenvalue weighted by Gasteiger charge is -2.03. The normalized spacial score (nSPS) is 12.0. The second kappa shape index (κ2) is 4.66. The molecule has 3 aromatic rings. The van der Waals surface area contributed by atoms with Crippen molar-refractivity contribution in [3.8, 4) is 0 Å². The van der Waals surface area contributed by atoms with Crippen LogP contribution in [0.1, 0.15) is 5.69 Å². The van der Waals surface area contributed by atoms with E-state index in [9.17, 15) is 8.42 Å². The summed E-state index contributed by atoms with van der Waals surface area (Å²) in [5.74, 6) is 0. The first-order valence-corrected chi connectivity index (χ1v) is 7.30. The zero-order valence-electron chi connectivity index (χ0n) is 10.3. The number of nitrogen functional groups attached to an aromatic ring is 1. The summed E-state index contributed by atoms with van der Waals surface area (Å²) < 4.78 is 31.7. The van der Waals surface area contributed by atoms with E-state index in [1.807, 2.05) is 0 Å². The fourth-order valence-electron chi connectivity index (χ4n) is 1.91. The predicted molar refractivity (Wildman–Crippen MR) is 73.2 cm³/mol. The maximum Gasteiger partial charge on any atom is 0.243 e. The molecule has 0 aliphatic carbocycles. The van der Waals surface area contributed by atoms with Crippen LogP contribution in [-0.4, -0.2) is 18.6 Å². The van der Waals surface area contributed by atoms with Crippen LogP contribution in [0, 0.1) is 0 Å². The van der Waals surface area contributed by atoms with Crippen molar-refractivity contribution in [1.82, 2.24) is 14.9 Å². The highest BCUT2D eigenvalue weighted by Gasteiger charge is 2.19. The van der Waals surface area contributed by atoms with Gasteiger partial charge in [-0.15, -0.1) is 0 Å². The topological polar surface area (TPSA) is 114 Å². The minimum Gasteiger partial charge on any atom is -0.399 e. The Balaban J connectivity index is 1.93. The first-order chi connectivity index (χ1) is 9.56. The van der Waals surface area contributed by atoms with Crippen LogP contribution in [0.5, 0.6) is 0 Å². The Hall–Kier alpha value is -2.32. The molecule has 0 unspecified atom stereocenters. The van der Waals surface area contributed by atoms with Gasteiger partial charge < -0.3 is 15.2 Å². The molecule has 0 saturated heterocycles. The van der Waals surface area contributed by atoms with Gasteiger partial charge in [-0.1, -0.05) is 5.16 Å². The fraction of sp³-hybridized carbons (Fsp3) is 0.0833. The Bertz CT molecular complexity index is 837. The smallest absolute Gasteiger partial charge is 0.243 e. The molecule has 0 bridgehead atoms. The van der Waals surface area contributed by atoms with Gasteiger partial charge in [-0.3, -0.25) is 0 Å². The van der Waals surface area contributed by atoms with Gasteiger partial charge >= 0.3 is 0 Å². The van der Waals surface area contributed by atoms with Crippen LogP contribution in [-0.2, 0) is 16.6 Å². The molecule has 3 rings (SSSR count). The van der Waals surface area contributed by atoms with E-state index < -0.39 is 10.0 Å². The van der Waals surface area contributed by atoms with Crippen molar-refractivity contribution in [2.75, 3.05) is 5.73 Å². The van der Waals surface area contributed by atoms with Gasteiger partial charge in [0.2, 0.25) is 10.0 Å². The molecule has 0 atom stereocenters. The van der Waals surface area contributed by atoms with Gasteiger partial charge in [0.1, 0.15) is 11.2 Å². The molecule has 7 nitrogen and oxygen atoms in total. The third-order valence-corrected chi connectivity index (χ3v) is 4.33. The lowest BCUT2D eigenvalue weighted by molar-refractivity contribution is 0.411. The second-order valence-corrected chi connectivity index (χ2v) is 6.01. The fourth-order valence-corrected chi connectivity index (χ4v) is 3.09. The quantitative estimate of drug-likeness (QED) is 0.625. The van der Waals surface area contributed by atoms with Gasteiger partial charge in [0.25, 0.3) is 0 Å². The molecular formula is C12H12N4O3S. The van der Waals surface area contributed by atoms with Gasteiger partial charge in [-0.05, 0) is 18.2 Å². The number of benzene rings is 1. The molecule has 104 valence electrons. The molecule has 4 N–H and O–H groups in total. The van der Waals surface area contributed by atoms with Crippen molar-refractivity contribution in [2.24, 2.45) is 0 Å². The largest absolute Gasteiger partial charge is 0.399 e. The third kappa shape index (κ3) is 2.26. The van der Waals surface area contributed by atoms with E-state index in [0.717, 1.165) is 0 Å². The summed E-state index contributed by atoms with van der Waals surface area (Å²) in [5, 5.41) is 4.24. The number of hydrogen-bond acceptors (Lipinski definition) is 5. The van der Waals surface area contributed by atoms with E-state index >= 15 is 0 Å². The van der Waals surface area contributed by atoms with E-state index in [4.69, 9.17) is 5.73 Å². The van der Waals surface area contributed by atoms with Crippen LogP contribution < -0.4 is 10.5 Å². The third-order valence-electron chi connectivity index (χ3n) is 2.89. The molecule has 0 amide bonds. The lowest BCUT2D eigenvalue weighted by Crippen LogP contribution is -2.23. The first-order valence-electron chi connectivity index (χ1n) is 5.82. The number of sulfonamides is 1. The number of aromatic nitrogens is 2. The van der Waals surface area contributed by atoms with E-state index in [-0.39, 0.29) is 11.4 Å². The van der Waals surface area contributed by atoms with Crippen LogP contribution in [0.15, 0.2) is 46.1 Å². The highest BCUT2D eigenvalue weighted by molar-refractivity contribution is 7.89. The lowest BCUT2D eigenvalue weighted by atomic mass is 10.2. The zero-order valence-corrected chi connectivity index (χ0v) is 11.1. The van der Waals surface area contributed by atoms with Crippen molar-refractivity contribution in [3.63, 3.8) is 0 Å². The maximum atomic E-state index is 12.3. The van der Waals surface area contributed by atoms with Crippen LogP contribution >= 0.6 is 0 Å². The summed E-state index contributed by atoms with van der Waals surface area (Å²) in [7, 11) is -3.64. The number of nitrogens with one attached hydrogen (secondary N) is 2. The molecule has 20 heavy (non-hydrogen) atoms. The summed E-state index contributed by atoms with van der Waals surface area (Å²) in [6, 6.07) is 6.61. The summed E-state index contributed by atoms with van der Waals surface area (Å²) in [6.07, 6.45) is 2.83. The van der Waals surface area contributed by atoms with Crippen LogP contribution in [0.2, 0.25) is 0 Å². The number of aromatic amines is 1. The van der Waals surface area contributed by atoms with Crippen LogP contribution in [0.4, 0.5) is 5.69 Å². The Kier molecular flexibility index (Phi) is 2.96.